The fourth-order valence-corrected chi connectivity index (χ4v) is 6.28. The van der Waals surface area contributed by atoms with Gasteiger partial charge < -0.3 is 10.8 Å². The normalized spacial score (nSPS) is 14.5. The topological polar surface area (TPSA) is 100 Å². The molecule has 0 saturated heterocycles. The number of aryl methyl sites for hydroxylation is 2. The minimum Gasteiger partial charge on any atom is -0.870 e. The van der Waals surface area contributed by atoms with Gasteiger partial charge in [-0.05, 0) is 31.0 Å². The van der Waals surface area contributed by atoms with Gasteiger partial charge >= 0.3 is 0 Å². The molecule has 30 heavy (non-hydrogen) atoms. The van der Waals surface area contributed by atoms with Crippen LogP contribution in [0.5, 0.6) is 0 Å². The van der Waals surface area contributed by atoms with Crippen molar-refractivity contribution in [2.45, 2.75) is 37.6 Å². The minimum atomic E-state index is -3.91. The summed E-state index contributed by atoms with van der Waals surface area (Å²) < 4.78 is 34.6. The van der Waals surface area contributed by atoms with Crippen LogP contribution in [0.4, 0.5) is 5.69 Å². The third kappa shape index (κ3) is 5.04. The van der Waals surface area contributed by atoms with E-state index in [0.29, 0.717) is 19.4 Å². The average molecular weight is 465 g/mol. The largest absolute Gasteiger partial charge is 0.870 e. The van der Waals surface area contributed by atoms with Crippen molar-refractivity contribution in [1.82, 2.24) is 0 Å². The van der Waals surface area contributed by atoms with Crippen LogP contribution in [0.15, 0.2) is 52.4 Å². The maximum atomic E-state index is 11.0. The van der Waals surface area contributed by atoms with Gasteiger partial charge in [-0.15, -0.1) is 0 Å². The first kappa shape index (κ1) is 22.8. The van der Waals surface area contributed by atoms with Crippen LogP contribution < -0.4 is 9.88 Å². The summed E-state index contributed by atoms with van der Waals surface area (Å²) in [6.07, 6.45) is 4.24. The van der Waals surface area contributed by atoms with Crippen LogP contribution in [-0.4, -0.2) is 24.2 Å². The Bertz CT molecular complexity index is 1160. The monoisotopic (exact) mass is 464 g/mol. The van der Waals surface area contributed by atoms with Crippen molar-refractivity contribution in [2.24, 2.45) is 0 Å². The number of hydrogen-bond donors (Lipinski definition) is 2. The molecular formula is C21H24N2O4S3. The van der Waals surface area contributed by atoms with E-state index in [0.717, 1.165) is 22.1 Å². The van der Waals surface area contributed by atoms with E-state index in [-0.39, 0.29) is 11.2 Å². The Morgan fingerprint density at radius 3 is 2.67 bits per heavy atom. The number of thioether (sulfide) groups is 1. The van der Waals surface area contributed by atoms with Crippen molar-refractivity contribution in [3.63, 3.8) is 0 Å². The molecule has 3 aromatic rings. The first-order valence-corrected chi connectivity index (χ1v) is 12.8. The third-order valence-electron chi connectivity index (χ3n) is 4.87. The molecule has 0 saturated carbocycles. The highest BCUT2D eigenvalue weighted by atomic mass is 32.2. The molecule has 0 bridgehead atoms. The van der Waals surface area contributed by atoms with Gasteiger partial charge in [0, 0.05) is 16.9 Å². The fourth-order valence-electron chi connectivity index (χ4n) is 3.52. The van der Waals surface area contributed by atoms with Crippen LogP contribution in [0, 0.1) is 0 Å². The second-order valence-electron chi connectivity index (χ2n) is 6.93. The maximum absolute atomic E-state index is 11.0. The minimum absolute atomic E-state index is 0. The highest BCUT2D eigenvalue weighted by Crippen LogP contribution is 2.41. The lowest BCUT2D eigenvalue weighted by atomic mass is 10.1. The van der Waals surface area contributed by atoms with Crippen molar-refractivity contribution in [3.05, 3.63) is 58.1 Å². The molecule has 4 rings (SSSR count). The standard InChI is InChI=1S/C21H22N2O3S3.H2O/c1-2-15-8-7-11-18-21(15)23(12-5-6-13-29(24,25)26)20(28-18)14-19-22-16-9-3-4-10-17(16)27-19;/h3-4,7-11,14H,2,5-6,12-13H2,1H3,(H,24,25,26);1H2. The Labute approximate surface area is 184 Å². The van der Waals surface area contributed by atoms with Crippen molar-refractivity contribution >= 4 is 55.2 Å². The van der Waals surface area contributed by atoms with Gasteiger partial charge in [-0.1, -0.05) is 54.3 Å². The molecule has 0 spiro atoms. The molecule has 6 nitrogen and oxygen atoms in total. The predicted molar refractivity (Wildman–Crippen MR) is 123 cm³/mol. The number of para-hydroxylation sites is 2. The van der Waals surface area contributed by atoms with E-state index in [2.05, 4.69) is 53.2 Å². The fraction of sp³-hybridized carbons (Fsp3) is 0.286. The van der Waals surface area contributed by atoms with Crippen molar-refractivity contribution in [3.8, 4) is 0 Å². The smallest absolute Gasteiger partial charge is 0.265 e. The Morgan fingerprint density at radius 1 is 1.13 bits per heavy atom. The zero-order valence-corrected chi connectivity index (χ0v) is 19.0. The maximum Gasteiger partial charge on any atom is 0.265 e. The molecule has 0 radical (unpaired) electrons. The Balaban J connectivity index is 0.00000256. The Hall–Kier alpha value is -1.91. The van der Waals surface area contributed by atoms with Crippen LogP contribution >= 0.6 is 23.1 Å². The SMILES string of the molecule is CCc1cccc2sc(C=C3Nc4ccccc4S3)[n+](CCCCS(=O)(=O)O)c12.[OH-]. The lowest BCUT2D eigenvalue weighted by Crippen LogP contribution is -2.36. The second-order valence-corrected chi connectivity index (χ2v) is 10.7. The Morgan fingerprint density at radius 2 is 1.93 bits per heavy atom. The van der Waals surface area contributed by atoms with E-state index in [1.807, 2.05) is 12.1 Å². The van der Waals surface area contributed by atoms with E-state index in [4.69, 9.17) is 4.55 Å². The van der Waals surface area contributed by atoms with Crippen molar-refractivity contribution in [1.29, 1.82) is 0 Å². The number of benzene rings is 2. The van der Waals surface area contributed by atoms with Crippen molar-refractivity contribution < 1.29 is 23.0 Å². The molecule has 1 aliphatic heterocycles. The third-order valence-corrected chi connectivity index (χ3v) is 7.78. The number of fused-ring (bicyclic) bond motifs is 2. The van der Waals surface area contributed by atoms with E-state index >= 15 is 0 Å². The van der Waals surface area contributed by atoms with Gasteiger partial charge in [0.05, 0.1) is 22.5 Å². The number of hydrogen-bond acceptors (Lipinski definition) is 6. The molecule has 2 heterocycles. The summed E-state index contributed by atoms with van der Waals surface area (Å²) in [6.45, 7) is 2.86. The number of anilines is 1. The molecule has 0 fully saturated rings. The molecule has 0 unspecified atom stereocenters. The molecule has 1 aromatic heterocycles. The summed E-state index contributed by atoms with van der Waals surface area (Å²) in [5, 5.41) is 5.70. The molecule has 9 heteroatoms. The highest BCUT2D eigenvalue weighted by Gasteiger charge is 2.24. The van der Waals surface area contributed by atoms with Gasteiger partial charge in [0.15, 0.2) is 6.54 Å². The van der Waals surface area contributed by atoms with E-state index in [1.54, 1.807) is 23.1 Å². The summed E-state index contributed by atoms with van der Waals surface area (Å²) in [7, 11) is -3.91. The van der Waals surface area contributed by atoms with Gasteiger partial charge in [-0.25, -0.2) is 0 Å². The summed E-state index contributed by atoms with van der Waals surface area (Å²) >= 11 is 3.47. The predicted octanol–water partition coefficient (Wildman–Crippen LogP) is 4.76. The second kappa shape index (κ2) is 9.49. The zero-order valence-electron chi connectivity index (χ0n) is 16.5. The number of nitrogens with one attached hydrogen (secondary N) is 1. The first-order valence-electron chi connectivity index (χ1n) is 9.59. The van der Waals surface area contributed by atoms with Gasteiger partial charge in [-0.3, -0.25) is 4.55 Å². The van der Waals surface area contributed by atoms with Gasteiger partial charge in [0.1, 0.15) is 4.70 Å². The lowest BCUT2D eigenvalue weighted by molar-refractivity contribution is -0.669. The number of nitrogens with zero attached hydrogens (tertiary/aromatic N) is 1. The molecule has 0 aliphatic carbocycles. The number of aromatic nitrogens is 1. The highest BCUT2D eigenvalue weighted by molar-refractivity contribution is 8.03. The van der Waals surface area contributed by atoms with E-state index in [1.165, 1.54) is 20.7 Å². The molecule has 0 amide bonds. The molecule has 3 N–H and O–H groups in total. The summed E-state index contributed by atoms with van der Waals surface area (Å²) in [5.74, 6) is -0.195. The number of rotatable bonds is 7. The van der Waals surface area contributed by atoms with Crippen LogP contribution in [0.3, 0.4) is 0 Å². The Kier molecular flexibility index (Phi) is 7.20. The van der Waals surface area contributed by atoms with E-state index < -0.39 is 10.1 Å². The molecule has 160 valence electrons. The van der Waals surface area contributed by atoms with Crippen LogP contribution in [0.1, 0.15) is 30.3 Å². The van der Waals surface area contributed by atoms with Gasteiger partial charge in [0.2, 0.25) is 5.52 Å². The number of thiazole rings is 1. The van der Waals surface area contributed by atoms with Crippen LogP contribution in [0.2, 0.25) is 0 Å². The van der Waals surface area contributed by atoms with Gasteiger partial charge in [-0.2, -0.15) is 13.0 Å². The summed E-state index contributed by atoms with van der Waals surface area (Å²) in [4.78, 5) is 1.22. The zero-order chi connectivity index (χ0) is 20.4. The molecule has 0 atom stereocenters. The summed E-state index contributed by atoms with van der Waals surface area (Å²) in [5.41, 5.74) is 3.63. The van der Waals surface area contributed by atoms with Crippen molar-refractivity contribution in [2.75, 3.05) is 11.1 Å². The van der Waals surface area contributed by atoms with E-state index in [9.17, 15) is 8.42 Å². The lowest BCUT2D eigenvalue weighted by Gasteiger charge is -2.02. The quantitative estimate of drug-likeness (QED) is 0.297. The van der Waals surface area contributed by atoms with Crippen LogP contribution in [-0.2, 0) is 23.1 Å². The van der Waals surface area contributed by atoms with Crippen LogP contribution in [0.25, 0.3) is 16.3 Å². The number of unbranched alkanes of at least 4 members (excludes halogenated alkanes) is 1. The first-order chi connectivity index (χ1) is 13.9. The average Bonchev–Trinajstić information content (AvgIpc) is 3.25. The summed E-state index contributed by atoms with van der Waals surface area (Å²) in [6, 6.07) is 14.6. The molecule has 1 aliphatic rings. The molecule has 2 aromatic carbocycles. The van der Waals surface area contributed by atoms with Gasteiger partial charge in [0.25, 0.3) is 15.1 Å². The molecular weight excluding hydrogens is 440 g/mol.